The second-order valence-electron chi connectivity index (χ2n) is 5.86. The van der Waals surface area contributed by atoms with E-state index in [-0.39, 0.29) is 12.3 Å². The van der Waals surface area contributed by atoms with Gasteiger partial charge in [0.25, 0.3) is 0 Å². The Hall–Kier alpha value is -2.04. The van der Waals surface area contributed by atoms with Crippen molar-refractivity contribution in [1.82, 2.24) is 0 Å². The van der Waals surface area contributed by atoms with Crippen molar-refractivity contribution in [3.05, 3.63) is 24.3 Å². The van der Waals surface area contributed by atoms with Gasteiger partial charge in [-0.05, 0) is 31.4 Å². The molecule has 0 aliphatic heterocycles. The number of anilines is 1. The molecule has 1 aliphatic carbocycles. The zero-order valence-corrected chi connectivity index (χ0v) is 12.9. The summed E-state index contributed by atoms with van der Waals surface area (Å²) in [4.78, 5) is 23.5. The number of unbranched alkanes of at least 4 members (excludes halogenated alkanes) is 1. The predicted molar refractivity (Wildman–Crippen MR) is 84.0 cm³/mol. The number of benzene rings is 1. The molecule has 1 aliphatic rings. The Balaban J connectivity index is 1.98. The summed E-state index contributed by atoms with van der Waals surface area (Å²) in [5.74, 6) is -0.516. The molecule has 0 saturated heterocycles. The molecule has 120 valence electrons. The van der Waals surface area contributed by atoms with Crippen molar-refractivity contribution >= 4 is 17.6 Å². The lowest BCUT2D eigenvalue weighted by Crippen LogP contribution is -2.41. The van der Waals surface area contributed by atoms with Crippen LogP contribution >= 0.6 is 0 Å². The first-order chi connectivity index (χ1) is 10.6. The Kier molecular flexibility index (Phi) is 5.41. The number of amides is 1. The average molecular weight is 305 g/mol. The fourth-order valence-electron chi connectivity index (χ4n) is 2.59. The second kappa shape index (κ2) is 7.29. The van der Waals surface area contributed by atoms with Crippen LogP contribution in [0.1, 0.15) is 45.4 Å². The normalized spacial score (nSPS) is 15.7. The molecule has 2 rings (SSSR count). The zero-order valence-electron chi connectivity index (χ0n) is 12.9. The number of carboxylic acids is 1. The predicted octanol–water partition coefficient (Wildman–Crippen LogP) is 3.45. The van der Waals surface area contributed by atoms with Gasteiger partial charge in [-0.3, -0.25) is 9.59 Å². The van der Waals surface area contributed by atoms with Crippen LogP contribution in [-0.4, -0.2) is 23.6 Å². The van der Waals surface area contributed by atoms with Crippen molar-refractivity contribution in [2.45, 2.75) is 45.4 Å². The SMILES string of the molecule is CCCCOc1ccccc1NC(=O)CC1(C(=O)O)CCC1. The quantitative estimate of drug-likeness (QED) is 0.721. The number of carbonyl (C=O) groups is 2. The molecule has 0 heterocycles. The monoisotopic (exact) mass is 305 g/mol. The van der Waals surface area contributed by atoms with E-state index >= 15 is 0 Å². The van der Waals surface area contributed by atoms with Gasteiger partial charge in [0.2, 0.25) is 5.91 Å². The lowest BCUT2D eigenvalue weighted by molar-refractivity contribution is -0.157. The number of carboxylic acid groups (broad SMARTS) is 1. The molecule has 1 aromatic rings. The van der Waals surface area contributed by atoms with Crippen molar-refractivity contribution in [3.63, 3.8) is 0 Å². The molecule has 0 aromatic heterocycles. The number of ether oxygens (including phenoxy) is 1. The Morgan fingerprint density at radius 2 is 2.05 bits per heavy atom. The van der Waals surface area contributed by atoms with Gasteiger partial charge in [0, 0.05) is 6.42 Å². The van der Waals surface area contributed by atoms with Crippen LogP contribution in [0.5, 0.6) is 5.75 Å². The summed E-state index contributed by atoms with van der Waals surface area (Å²) in [5, 5.41) is 12.1. The standard InChI is InChI=1S/C17H23NO4/c1-2-3-11-22-14-8-5-4-7-13(14)18-15(19)12-17(16(20)21)9-6-10-17/h4-5,7-8H,2-3,6,9-12H2,1H3,(H,18,19)(H,20,21). The Morgan fingerprint density at radius 1 is 1.32 bits per heavy atom. The highest BCUT2D eigenvalue weighted by Crippen LogP contribution is 2.44. The van der Waals surface area contributed by atoms with E-state index in [0.717, 1.165) is 19.3 Å². The zero-order chi connectivity index (χ0) is 16.0. The summed E-state index contributed by atoms with van der Waals surface area (Å²) in [6.07, 6.45) is 4.02. The summed E-state index contributed by atoms with van der Waals surface area (Å²) in [7, 11) is 0. The van der Waals surface area contributed by atoms with E-state index in [1.807, 2.05) is 18.2 Å². The summed E-state index contributed by atoms with van der Waals surface area (Å²) >= 11 is 0. The topological polar surface area (TPSA) is 75.6 Å². The van der Waals surface area contributed by atoms with Gasteiger partial charge in [0.05, 0.1) is 17.7 Å². The molecule has 1 amide bonds. The first kappa shape index (κ1) is 16.3. The number of para-hydroxylation sites is 2. The first-order valence-electron chi connectivity index (χ1n) is 7.82. The van der Waals surface area contributed by atoms with Gasteiger partial charge in [-0.2, -0.15) is 0 Å². The van der Waals surface area contributed by atoms with Gasteiger partial charge in [-0.25, -0.2) is 0 Å². The van der Waals surface area contributed by atoms with Gasteiger partial charge >= 0.3 is 5.97 Å². The smallest absolute Gasteiger partial charge is 0.310 e. The molecule has 1 saturated carbocycles. The molecule has 2 N–H and O–H groups in total. The van der Waals surface area contributed by atoms with Gasteiger partial charge in [-0.1, -0.05) is 31.9 Å². The van der Waals surface area contributed by atoms with Crippen molar-refractivity contribution in [2.75, 3.05) is 11.9 Å². The molecule has 0 spiro atoms. The maximum atomic E-state index is 12.2. The molecule has 0 atom stereocenters. The lowest BCUT2D eigenvalue weighted by atomic mass is 9.66. The van der Waals surface area contributed by atoms with Crippen LogP contribution in [0.15, 0.2) is 24.3 Å². The molecule has 5 heteroatoms. The van der Waals surface area contributed by atoms with Crippen LogP contribution in [0, 0.1) is 5.41 Å². The summed E-state index contributed by atoms with van der Waals surface area (Å²) in [6, 6.07) is 7.25. The minimum absolute atomic E-state index is 0.0195. The van der Waals surface area contributed by atoms with E-state index < -0.39 is 11.4 Å². The van der Waals surface area contributed by atoms with Crippen LogP contribution in [0.2, 0.25) is 0 Å². The number of aliphatic carboxylic acids is 1. The average Bonchev–Trinajstić information content (AvgIpc) is 2.44. The Bertz CT molecular complexity index is 537. The minimum atomic E-state index is -0.874. The number of hydrogen-bond donors (Lipinski definition) is 2. The van der Waals surface area contributed by atoms with Crippen molar-refractivity contribution in [1.29, 1.82) is 0 Å². The van der Waals surface area contributed by atoms with Gasteiger partial charge in [-0.15, -0.1) is 0 Å². The lowest BCUT2D eigenvalue weighted by Gasteiger charge is -2.36. The third kappa shape index (κ3) is 3.78. The van der Waals surface area contributed by atoms with Crippen LogP contribution < -0.4 is 10.1 Å². The van der Waals surface area contributed by atoms with E-state index in [0.29, 0.717) is 30.9 Å². The molecule has 0 unspecified atom stereocenters. The summed E-state index contributed by atoms with van der Waals surface area (Å²) in [6.45, 7) is 2.68. The molecule has 22 heavy (non-hydrogen) atoms. The molecule has 5 nitrogen and oxygen atoms in total. The van der Waals surface area contributed by atoms with Gasteiger partial charge in [0.1, 0.15) is 5.75 Å². The maximum Gasteiger partial charge on any atom is 0.310 e. The largest absolute Gasteiger partial charge is 0.491 e. The van der Waals surface area contributed by atoms with Crippen molar-refractivity contribution in [2.24, 2.45) is 5.41 Å². The molecular formula is C17H23NO4. The number of hydrogen-bond acceptors (Lipinski definition) is 3. The number of carbonyl (C=O) groups excluding carboxylic acids is 1. The fraction of sp³-hybridized carbons (Fsp3) is 0.529. The van der Waals surface area contributed by atoms with Crippen molar-refractivity contribution < 1.29 is 19.4 Å². The molecule has 1 aromatic carbocycles. The fourth-order valence-corrected chi connectivity index (χ4v) is 2.59. The molecule has 0 bridgehead atoms. The third-order valence-electron chi connectivity index (χ3n) is 4.18. The van der Waals surface area contributed by atoms with Crippen LogP contribution in [-0.2, 0) is 9.59 Å². The highest BCUT2D eigenvalue weighted by molar-refractivity contribution is 5.95. The van der Waals surface area contributed by atoms with Crippen LogP contribution in [0.4, 0.5) is 5.69 Å². The first-order valence-corrected chi connectivity index (χ1v) is 7.82. The second-order valence-corrected chi connectivity index (χ2v) is 5.86. The number of nitrogens with one attached hydrogen (secondary N) is 1. The minimum Gasteiger partial charge on any atom is -0.491 e. The van der Waals surface area contributed by atoms with E-state index in [4.69, 9.17) is 4.74 Å². The van der Waals surface area contributed by atoms with Crippen molar-refractivity contribution in [3.8, 4) is 5.75 Å². The van der Waals surface area contributed by atoms with E-state index in [1.54, 1.807) is 6.07 Å². The third-order valence-corrected chi connectivity index (χ3v) is 4.18. The summed E-state index contributed by atoms with van der Waals surface area (Å²) in [5.41, 5.74) is -0.272. The molecular weight excluding hydrogens is 282 g/mol. The Labute approximate surface area is 130 Å². The van der Waals surface area contributed by atoms with Crippen LogP contribution in [0.25, 0.3) is 0 Å². The van der Waals surface area contributed by atoms with E-state index in [2.05, 4.69) is 12.2 Å². The van der Waals surface area contributed by atoms with Gasteiger partial charge in [0.15, 0.2) is 0 Å². The van der Waals surface area contributed by atoms with E-state index in [9.17, 15) is 14.7 Å². The summed E-state index contributed by atoms with van der Waals surface area (Å²) < 4.78 is 5.67. The number of rotatable bonds is 8. The molecule has 0 radical (unpaired) electrons. The highest BCUT2D eigenvalue weighted by atomic mass is 16.5. The van der Waals surface area contributed by atoms with Gasteiger partial charge < -0.3 is 15.2 Å². The van der Waals surface area contributed by atoms with Crippen LogP contribution in [0.3, 0.4) is 0 Å². The highest BCUT2D eigenvalue weighted by Gasteiger charge is 2.45. The van der Waals surface area contributed by atoms with E-state index in [1.165, 1.54) is 0 Å². The maximum absolute atomic E-state index is 12.2. The molecule has 1 fully saturated rings. The Morgan fingerprint density at radius 3 is 2.64 bits per heavy atom.